The van der Waals surface area contributed by atoms with E-state index in [4.69, 9.17) is 5.73 Å². The van der Waals surface area contributed by atoms with Gasteiger partial charge in [0.05, 0.1) is 0 Å². The fourth-order valence-corrected chi connectivity index (χ4v) is 1.42. The Morgan fingerprint density at radius 2 is 2.17 bits per heavy atom. The zero-order chi connectivity index (χ0) is 9.40. The van der Waals surface area contributed by atoms with Crippen LogP contribution in [0.15, 0.2) is 24.8 Å². The maximum Gasteiger partial charge on any atom is 0.0106 e. The quantitative estimate of drug-likeness (QED) is 0.605. The molecule has 2 atom stereocenters. The lowest BCUT2D eigenvalue weighted by Gasteiger charge is -2.17. The Hall–Kier alpha value is -0.560. The zero-order valence-electron chi connectivity index (χ0n) is 8.29. The third-order valence-electron chi connectivity index (χ3n) is 2.31. The normalized spacial score (nSPS) is 16.2. The Kier molecular flexibility index (Phi) is 6.78. The van der Waals surface area contributed by atoms with Crippen LogP contribution >= 0.6 is 0 Å². The second kappa shape index (κ2) is 7.11. The van der Waals surface area contributed by atoms with Crippen molar-refractivity contribution in [2.24, 2.45) is 17.6 Å². The summed E-state index contributed by atoms with van der Waals surface area (Å²) in [5.41, 5.74) is 5.39. The van der Waals surface area contributed by atoms with E-state index in [9.17, 15) is 0 Å². The molecule has 0 radical (unpaired) electrons. The van der Waals surface area contributed by atoms with Gasteiger partial charge in [0.2, 0.25) is 0 Å². The first-order valence-corrected chi connectivity index (χ1v) is 4.73. The van der Waals surface area contributed by atoms with Gasteiger partial charge in [-0.1, -0.05) is 38.5 Å². The number of hydrogen-bond acceptors (Lipinski definition) is 1. The molecule has 0 rings (SSSR count). The molecule has 0 bridgehead atoms. The number of allylic oxidation sites excluding steroid dienone is 2. The molecule has 0 amide bonds. The predicted molar refractivity (Wildman–Crippen MR) is 56.0 cm³/mol. The first kappa shape index (κ1) is 11.4. The molecule has 1 unspecified atom stereocenters. The Balaban J connectivity index is 3.91. The third-order valence-corrected chi connectivity index (χ3v) is 2.31. The van der Waals surface area contributed by atoms with Crippen LogP contribution in [0.2, 0.25) is 0 Å². The molecule has 0 aromatic carbocycles. The second-order valence-corrected chi connectivity index (χ2v) is 3.22. The molecule has 0 heterocycles. The van der Waals surface area contributed by atoms with Crippen LogP contribution in [-0.2, 0) is 0 Å². The SMILES string of the molecule is C=CCC(CC)[C@H](C)/C=C\CN. The molecular weight excluding hydrogens is 146 g/mol. The van der Waals surface area contributed by atoms with E-state index in [1.54, 1.807) is 0 Å². The van der Waals surface area contributed by atoms with Gasteiger partial charge in [-0.3, -0.25) is 0 Å². The topological polar surface area (TPSA) is 26.0 Å². The highest BCUT2D eigenvalue weighted by Crippen LogP contribution is 2.20. The van der Waals surface area contributed by atoms with Crippen LogP contribution in [0.1, 0.15) is 26.7 Å². The van der Waals surface area contributed by atoms with E-state index in [0.717, 1.165) is 12.3 Å². The maximum absolute atomic E-state index is 5.39. The van der Waals surface area contributed by atoms with Gasteiger partial charge in [-0.15, -0.1) is 6.58 Å². The standard InChI is InChI=1S/C11H21N/c1-4-7-11(5-2)10(3)8-6-9-12/h4,6,8,10-11H,1,5,7,9,12H2,2-3H3/b8-6-/t10-,11?/m1/s1. The van der Waals surface area contributed by atoms with E-state index < -0.39 is 0 Å². The number of hydrogen-bond donors (Lipinski definition) is 1. The minimum Gasteiger partial charge on any atom is -0.327 e. The molecule has 1 heteroatoms. The summed E-state index contributed by atoms with van der Waals surface area (Å²) in [4.78, 5) is 0. The summed E-state index contributed by atoms with van der Waals surface area (Å²) in [7, 11) is 0. The van der Waals surface area contributed by atoms with Crippen LogP contribution in [0.25, 0.3) is 0 Å². The van der Waals surface area contributed by atoms with Crippen molar-refractivity contribution in [3.05, 3.63) is 24.8 Å². The molecule has 0 aliphatic rings. The number of nitrogens with two attached hydrogens (primary N) is 1. The van der Waals surface area contributed by atoms with Crippen LogP contribution in [0.3, 0.4) is 0 Å². The molecule has 1 nitrogen and oxygen atoms in total. The Morgan fingerprint density at radius 3 is 2.58 bits per heavy atom. The fourth-order valence-electron chi connectivity index (χ4n) is 1.42. The molecule has 0 aliphatic heterocycles. The van der Waals surface area contributed by atoms with Gasteiger partial charge in [0.25, 0.3) is 0 Å². The van der Waals surface area contributed by atoms with E-state index in [-0.39, 0.29) is 0 Å². The average Bonchev–Trinajstić information content (AvgIpc) is 2.10. The van der Waals surface area contributed by atoms with E-state index in [1.807, 2.05) is 12.2 Å². The molecule has 0 saturated heterocycles. The first-order chi connectivity index (χ1) is 5.76. The highest BCUT2D eigenvalue weighted by Gasteiger charge is 2.09. The van der Waals surface area contributed by atoms with E-state index in [0.29, 0.717) is 12.5 Å². The molecule has 0 aromatic rings. The summed E-state index contributed by atoms with van der Waals surface area (Å²) in [6.45, 7) is 8.87. The Bertz CT molecular complexity index is 138. The molecule has 12 heavy (non-hydrogen) atoms. The minimum atomic E-state index is 0.622. The summed E-state index contributed by atoms with van der Waals surface area (Å²) in [5.74, 6) is 1.35. The monoisotopic (exact) mass is 167 g/mol. The van der Waals surface area contributed by atoms with Gasteiger partial charge in [-0.25, -0.2) is 0 Å². The maximum atomic E-state index is 5.39. The van der Waals surface area contributed by atoms with E-state index >= 15 is 0 Å². The van der Waals surface area contributed by atoms with Crippen molar-refractivity contribution in [1.29, 1.82) is 0 Å². The molecule has 2 N–H and O–H groups in total. The Morgan fingerprint density at radius 1 is 1.50 bits per heavy atom. The lowest BCUT2D eigenvalue weighted by Crippen LogP contribution is -2.08. The summed E-state index contributed by atoms with van der Waals surface area (Å²) >= 11 is 0. The van der Waals surface area contributed by atoms with Gasteiger partial charge in [0, 0.05) is 6.54 Å². The largest absolute Gasteiger partial charge is 0.327 e. The predicted octanol–water partition coefficient (Wildman–Crippen LogP) is 2.74. The minimum absolute atomic E-state index is 0.622. The molecule has 0 spiro atoms. The highest BCUT2D eigenvalue weighted by atomic mass is 14.5. The van der Waals surface area contributed by atoms with Crippen LogP contribution in [0.5, 0.6) is 0 Å². The van der Waals surface area contributed by atoms with Gasteiger partial charge < -0.3 is 5.73 Å². The van der Waals surface area contributed by atoms with Crippen molar-refractivity contribution in [2.75, 3.05) is 6.54 Å². The molecule has 70 valence electrons. The van der Waals surface area contributed by atoms with Crippen LogP contribution in [-0.4, -0.2) is 6.54 Å². The highest BCUT2D eigenvalue weighted by molar-refractivity contribution is 4.91. The molecule has 0 aliphatic carbocycles. The molecule has 0 fully saturated rings. The van der Waals surface area contributed by atoms with Gasteiger partial charge in [-0.05, 0) is 18.3 Å². The van der Waals surface area contributed by atoms with Gasteiger partial charge in [-0.2, -0.15) is 0 Å². The van der Waals surface area contributed by atoms with Crippen molar-refractivity contribution in [3.63, 3.8) is 0 Å². The lowest BCUT2D eigenvalue weighted by molar-refractivity contribution is 0.411. The number of rotatable bonds is 6. The van der Waals surface area contributed by atoms with Crippen LogP contribution in [0.4, 0.5) is 0 Å². The molecule has 0 saturated carbocycles. The van der Waals surface area contributed by atoms with Gasteiger partial charge in [0.15, 0.2) is 0 Å². The van der Waals surface area contributed by atoms with Crippen LogP contribution in [0, 0.1) is 11.8 Å². The average molecular weight is 167 g/mol. The molecule has 0 aromatic heterocycles. The van der Waals surface area contributed by atoms with E-state index in [1.165, 1.54) is 6.42 Å². The third kappa shape index (κ3) is 4.35. The smallest absolute Gasteiger partial charge is 0.0106 e. The van der Waals surface area contributed by atoms with Crippen molar-refractivity contribution >= 4 is 0 Å². The van der Waals surface area contributed by atoms with Crippen molar-refractivity contribution in [3.8, 4) is 0 Å². The van der Waals surface area contributed by atoms with Crippen molar-refractivity contribution < 1.29 is 0 Å². The Labute approximate surface area is 76.3 Å². The van der Waals surface area contributed by atoms with Crippen molar-refractivity contribution in [2.45, 2.75) is 26.7 Å². The second-order valence-electron chi connectivity index (χ2n) is 3.22. The van der Waals surface area contributed by atoms with Crippen molar-refractivity contribution in [1.82, 2.24) is 0 Å². The lowest BCUT2D eigenvalue weighted by atomic mass is 9.88. The summed E-state index contributed by atoms with van der Waals surface area (Å²) in [6.07, 6.45) is 8.56. The zero-order valence-corrected chi connectivity index (χ0v) is 8.29. The van der Waals surface area contributed by atoms with Gasteiger partial charge >= 0.3 is 0 Å². The van der Waals surface area contributed by atoms with Gasteiger partial charge in [0.1, 0.15) is 0 Å². The first-order valence-electron chi connectivity index (χ1n) is 4.73. The van der Waals surface area contributed by atoms with Crippen LogP contribution < -0.4 is 5.73 Å². The van der Waals surface area contributed by atoms with E-state index in [2.05, 4.69) is 26.5 Å². The summed E-state index contributed by atoms with van der Waals surface area (Å²) < 4.78 is 0. The molecular formula is C11H21N. The fraction of sp³-hybridized carbons (Fsp3) is 0.636. The summed E-state index contributed by atoms with van der Waals surface area (Å²) in [5, 5.41) is 0. The summed E-state index contributed by atoms with van der Waals surface area (Å²) in [6, 6.07) is 0.